The molecule has 54 heavy (non-hydrogen) atoms. The normalized spacial score (nSPS) is 19.7. The van der Waals surface area contributed by atoms with Gasteiger partial charge in [-0.3, -0.25) is 9.69 Å². The lowest BCUT2D eigenvalue weighted by molar-refractivity contribution is -0.200. The molecule has 0 radical (unpaired) electrons. The first kappa shape index (κ1) is 39.0. The number of aliphatic hydroxyl groups excluding tert-OH is 1. The quantitative estimate of drug-likeness (QED) is 0.114. The van der Waals surface area contributed by atoms with Crippen LogP contribution in [0.25, 0.3) is 22.5 Å². The molecule has 2 amide bonds. The van der Waals surface area contributed by atoms with Gasteiger partial charge in [-0.15, -0.1) is 0 Å². The minimum atomic E-state index is -5.22. The molecule has 4 aromatic rings. The van der Waals surface area contributed by atoms with Crippen molar-refractivity contribution in [1.82, 2.24) is 35.3 Å². The Kier molecular flexibility index (Phi) is 10.7. The van der Waals surface area contributed by atoms with Gasteiger partial charge in [-0.1, -0.05) is 74.3 Å². The van der Waals surface area contributed by atoms with Crippen molar-refractivity contribution in [1.29, 1.82) is 0 Å². The Balaban J connectivity index is 1.49. The summed E-state index contributed by atoms with van der Waals surface area (Å²) >= 11 is 12.6. The molecule has 19 heteroatoms. The van der Waals surface area contributed by atoms with Gasteiger partial charge in [0.05, 0.1) is 23.5 Å². The number of alkyl carbamates (subject to hydrolysis) is 1. The Morgan fingerprint density at radius 2 is 1.81 bits per heavy atom. The first-order valence-corrected chi connectivity index (χ1v) is 17.4. The van der Waals surface area contributed by atoms with Crippen molar-refractivity contribution in [2.24, 2.45) is 10.4 Å². The maximum Gasteiger partial charge on any atom is 0.435 e. The number of carbonyl (C=O) groups excluding carboxylic acids is 2. The molecule has 2 fully saturated rings. The maximum atomic E-state index is 15.2. The van der Waals surface area contributed by atoms with Crippen LogP contribution in [0.15, 0.2) is 66.0 Å². The molecule has 4 N–H and O–H groups in total. The number of benzene rings is 2. The van der Waals surface area contributed by atoms with E-state index in [-0.39, 0.29) is 39.6 Å². The number of aromatic amines is 1. The highest BCUT2D eigenvalue weighted by atomic mass is 35.5. The van der Waals surface area contributed by atoms with Gasteiger partial charge in [-0.25, -0.2) is 19.5 Å². The summed E-state index contributed by atoms with van der Waals surface area (Å²) in [6, 6.07) is 9.29. The number of hydrogen-bond donors (Lipinski definition) is 4. The SMILES string of the molecule is CC(C)(C)C[C@]1(c2ccc(-c3cnn(C(F)F)c3)cc2)N/C(=N\C(O)C(F)(F)F)N(C(COC(=O)NC2CC2)c2ccc(Cl)c(-c3ncc(Cl)[nH]3)c2)C1=O. The zero-order valence-corrected chi connectivity index (χ0v) is 30.5. The number of alkyl halides is 5. The summed E-state index contributed by atoms with van der Waals surface area (Å²) in [7, 11) is 0. The van der Waals surface area contributed by atoms with Crippen LogP contribution in [0.4, 0.5) is 26.7 Å². The molecule has 3 atom stereocenters. The molecule has 3 heterocycles. The van der Waals surface area contributed by atoms with Crippen LogP contribution in [0.3, 0.4) is 0 Å². The standard InChI is InChI=1S/C35H35Cl2F5N8O4/c1-33(2,3)17-34(21-7-4-18(5-8-21)20-13-44-49(15-20)30(38)39)29(52)50(31(48-34)47-28(51)35(40,41)42)25(16-54-32(53)45-22-9-10-22)19-6-11-24(36)23(12-19)27-43-14-26(37)46-27/h4-8,11-15,22,25,28,30,51H,9-10,16-17H2,1-3H3,(H,43,46)(H,45,53)(H,47,48)/t25?,28?,34-/m1/s1. The minimum absolute atomic E-state index is 0.00830. The van der Waals surface area contributed by atoms with Crippen LogP contribution in [0, 0.1) is 5.41 Å². The Hall–Kier alpha value is -4.74. The Morgan fingerprint density at radius 1 is 1.11 bits per heavy atom. The van der Waals surface area contributed by atoms with Crippen LogP contribution in [0.1, 0.15) is 63.8 Å². The summed E-state index contributed by atoms with van der Waals surface area (Å²) in [6.45, 7) is 2.04. The number of aromatic nitrogens is 4. The lowest BCUT2D eigenvalue weighted by Gasteiger charge is -2.35. The lowest BCUT2D eigenvalue weighted by Crippen LogP contribution is -2.47. The highest BCUT2D eigenvalue weighted by Crippen LogP contribution is 2.44. The zero-order valence-electron chi connectivity index (χ0n) is 29.0. The molecule has 1 aliphatic carbocycles. The van der Waals surface area contributed by atoms with Crippen molar-refractivity contribution in [2.45, 2.75) is 76.6 Å². The van der Waals surface area contributed by atoms with Crippen LogP contribution in [0.5, 0.6) is 0 Å². The van der Waals surface area contributed by atoms with E-state index in [9.17, 15) is 31.9 Å². The molecule has 2 unspecified atom stereocenters. The number of aliphatic hydroxyl groups is 1. The lowest BCUT2D eigenvalue weighted by atomic mass is 9.75. The van der Waals surface area contributed by atoms with E-state index in [0.717, 1.165) is 23.9 Å². The predicted octanol–water partition coefficient (Wildman–Crippen LogP) is 7.57. The van der Waals surface area contributed by atoms with Crippen LogP contribution < -0.4 is 10.6 Å². The van der Waals surface area contributed by atoms with Crippen molar-refractivity contribution < 1.29 is 41.4 Å². The number of ether oxygens (including phenoxy) is 1. The van der Waals surface area contributed by atoms with E-state index in [1.54, 1.807) is 24.3 Å². The molecule has 2 aromatic carbocycles. The summed E-state index contributed by atoms with van der Waals surface area (Å²) in [6.07, 6.45) is -4.06. The number of nitrogens with zero attached hydrogens (tertiary/aromatic N) is 5. The maximum absolute atomic E-state index is 15.2. The molecule has 1 aliphatic heterocycles. The number of rotatable bonds is 11. The molecular formula is C35H35Cl2F5N8O4. The van der Waals surface area contributed by atoms with Gasteiger partial charge in [0.25, 0.3) is 5.91 Å². The largest absolute Gasteiger partial charge is 0.447 e. The number of nitrogens with one attached hydrogen (secondary N) is 3. The van der Waals surface area contributed by atoms with Crippen LogP contribution >= 0.6 is 23.2 Å². The fourth-order valence-corrected chi connectivity index (χ4v) is 6.56. The average Bonchev–Trinajstić information content (AvgIpc) is 3.45. The minimum Gasteiger partial charge on any atom is -0.447 e. The zero-order chi connectivity index (χ0) is 39.2. The van der Waals surface area contributed by atoms with Crippen molar-refractivity contribution in [3.8, 4) is 22.5 Å². The number of amides is 2. The van der Waals surface area contributed by atoms with Gasteiger partial charge in [0.2, 0.25) is 12.2 Å². The van der Waals surface area contributed by atoms with Gasteiger partial charge in [0.1, 0.15) is 23.1 Å². The fourth-order valence-electron chi connectivity index (χ4n) is 6.21. The number of H-pyrrole nitrogens is 1. The molecule has 0 bridgehead atoms. The van der Waals surface area contributed by atoms with E-state index in [0.29, 0.717) is 21.4 Å². The second-order valence-electron chi connectivity index (χ2n) is 14.2. The fraction of sp³-hybridized carbons (Fsp3) is 0.400. The van der Waals surface area contributed by atoms with E-state index in [4.69, 9.17) is 27.9 Å². The molecule has 1 saturated carbocycles. The molecule has 2 aromatic heterocycles. The third-order valence-electron chi connectivity index (χ3n) is 8.74. The highest BCUT2D eigenvalue weighted by molar-refractivity contribution is 6.33. The summed E-state index contributed by atoms with van der Waals surface area (Å²) in [5, 5.41) is 19.9. The van der Waals surface area contributed by atoms with Gasteiger partial charge >= 0.3 is 18.8 Å². The topological polar surface area (TPSA) is 150 Å². The summed E-state index contributed by atoms with van der Waals surface area (Å²) in [5.74, 6) is -1.19. The van der Waals surface area contributed by atoms with Crippen molar-refractivity contribution in [2.75, 3.05) is 6.61 Å². The van der Waals surface area contributed by atoms with E-state index in [2.05, 4.69) is 30.7 Å². The molecule has 1 saturated heterocycles. The summed E-state index contributed by atoms with van der Waals surface area (Å²) in [4.78, 5) is 39.6. The van der Waals surface area contributed by atoms with Crippen LogP contribution in [0.2, 0.25) is 10.2 Å². The van der Waals surface area contributed by atoms with E-state index in [1.807, 2.05) is 20.8 Å². The summed E-state index contributed by atoms with van der Waals surface area (Å²) < 4.78 is 74.2. The Bertz CT molecular complexity index is 2050. The second-order valence-corrected chi connectivity index (χ2v) is 15.0. The Morgan fingerprint density at radius 3 is 2.39 bits per heavy atom. The smallest absolute Gasteiger partial charge is 0.435 e. The van der Waals surface area contributed by atoms with Crippen molar-refractivity contribution in [3.05, 3.63) is 82.4 Å². The monoisotopic (exact) mass is 796 g/mol. The van der Waals surface area contributed by atoms with E-state index in [1.165, 1.54) is 30.6 Å². The van der Waals surface area contributed by atoms with Crippen LogP contribution in [-0.2, 0) is 15.1 Å². The molecular weight excluding hydrogens is 762 g/mol. The molecule has 6 rings (SSSR count). The second kappa shape index (κ2) is 14.8. The molecule has 12 nitrogen and oxygen atoms in total. The highest BCUT2D eigenvalue weighted by Gasteiger charge is 2.56. The van der Waals surface area contributed by atoms with Crippen molar-refractivity contribution in [3.63, 3.8) is 0 Å². The molecule has 2 aliphatic rings. The number of carbonyl (C=O) groups is 2. The van der Waals surface area contributed by atoms with E-state index < -0.39 is 60.5 Å². The number of hydrogen-bond acceptors (Lipinski definition) is 7. The third kappa shape index (κ3) is 8.47. The molecule has 288 valence electrons. The van der Waals surface area contributed by atoms with E-state index >= 15 is 4.79 Å². The van der Waals surface area contributed by atoms with Gasteiger partial charge in [-0.2, -0.15) is 27.1 Å². The molecule has 0 spiro atoms. The van der Waals surface area contributed by atoms with Crippen LogP contribution in [-0.4, -0.2) is 72.8 Å². The van der Waals surface area contributed by atoms with Gasteiger partial charge < -0.3 is 25.5 Å². The third-order valence-corrected chi connectivity index (χ3v) is 9.26. The van der Waals surface area contributed by atoms with Crippen molar-refractivity contribution >= 4 is 41.2 Å². The first-order chi connectivity index (χ1) is 25.3. The Labute approximate surface area is 315 Å². The summed E-state index contributed by atoms with van der Waals surface area (Å²) in [5.41, 5.74) is -0.778. The van der Waals surface area contributed by atoms with Gasteiger partial charge in [-0.05, 0) is 53.5 Å². The number of halogens is 7. The average molecular weight is 798 g/mol. The number of imidazole rings is 1. The van der Waals surface area contributed by atoms with Gasteiger partial charge in [0.15, 0.2) is 0 Å². The number of aliphatic imine (C=N–C) groups is 1. The van der Waals surface area contributed by atoms with Gasteiger partial charge in [0, 0.05) is 23.4 Å². The number of guanidine groups is 1. The first-order valence-electron chi connectivity index (χ1n) is 16.7. The predicted molar refractivity (Wildman–Crippen MR) is 188 cm³/mol.